The zero-order valence-electron chi connectivity index (χ0n) is 18.4. The van der Waals surface area contributed by atoms with Crippen LogP contribution in [0, 0.1) is 6.92 Å². The molecule has 0 aliphatic heterocycles. The highest BCUT2D eigenvalue weighted by atomic mass is 35.5. The first-order valence-electron chi connectivity index (χ1n) is 10.6. The first kappa shape index (κ1) is 24.9. The SMILES string of the molecule is C.COc1ccc(Cl)c2c(=O)c3ccccc3sc12.Cc1ccc2sc3ccccc3c(=O)c2c1. The lowest BCUT2D eigenvalue weighted by molar-refractivity contribution is 0.420. The van der Waals surface area contributed by atoms with Crippen LogP contribution in [0.15, 0.2) is 88.5 Å². The largest absolute Gasteiger partial charge is 0.495 e. The van der Waals surface area contributed by atoms with E-state index in [1.54, 1.807) is 30.6 Å². The topological polar surface area (TPSA) is 43.4 Å². The molecule has 4 aromatic carbocycles. The van der Waals surface area contributed by atoms with Gasteiger partial charge in [-0.3, -0.25) is 9.59 Å². The third-order valence-corrected chi connectivity index (χ3v) is 8.24. The second-order valence-corrected chi connectivity index (χ2v) is 10.4. The van der Waals surface area contributed by atoms with E-state index in [2.05, 4.69) is 0 Å². The number of benzene rings is 4. The number of halogens is 1. The smallest absolute Gasteiger partial charge is 0.197 e. The zero-order valence-corrected chi connectivity index (χ0v) is 20.8. The van der Waals surface area contributed by atoms with Crippen molar-refractivity contribution in [3.8, 4) is 5.75 Å². The number of rotatable bonds is 1. The predicted octanol–water partition coefficient (Wildman–Crippen LogP) is 8.44. The summed E-state index contributed by atoms with van der Waals surface area (Å²) in [7, 11) is 1.59. The van der Waals surface area contributed by atoms with E-state index in [1.165, 1.54) is 11.3 Å². The third kappa shape index (κ3) is 4.55. The van der Waals surface area contributed by atoms with Gasteiger partial charge in [-0.1, -0.05) is 54.9 Å². The lowest BCUT2D eigenvalue weighted by atomic mass is 10.1. The highest BCUT2D eigenvalue weighted by Gasteiger charge is 2.12. The summed E-state index contributed by atoms with van der Waals surface area (Å²) in [5.41, 5.74) is 1.24. The number of hydrogen-bond donors (Lipinski definition) is 0. The Morgan fingerprint density at radius 3 is 2.00 bits per heavy atom. The summed E-state index contributed by atoms with van der Waals surface area (Å²) in [4.78, 5) is 24.7. The molecule has 0 bridgehead atoms. The van der Waals surface area contributed by atoms with E-state index in [0.717, 1.165) is 35.1 Å². The van der Waals surface area contributed by atoms with Crippen molar-refractivity contribution < 1.29 is 4.74 Å². The van der Waals surface area contributed by atoms with Gasteiger partial charge in [-0.2, -0.15) is 0 Å². The average Bonchev–Trinajstić information content (AvgIpc) is 2.85. The van der Waals surface area contributed by atoms with Gasteiger partial charge in [0.15, 0.2) is 10.9 Å². The van der Waals surface area contributed by atoms with Gasteiger partial charge in [0.2, 0.25) is 0 Å². The van der Waals surface area contributed by atoms with Crippen molar-refractivity contribution in [3.05, 3.63) is 110 Å². The lowest BCUT2D eigenvalue weighted by Crippen LogP contribution is -2.02. The molecular formula is C29H23ClO3S2. The molecule has 0 saturated heterocycles. The molecule has 0 amide bonds. The second kappa shape index (κ2) is 10.2. The molecule has 0 aliphatic rings. The van der Waals surface area contributed by atoms with E-state index < -0.39 is 0 Å². The Morgan fingerprint density at radius 1 is 0.714 bits per heavy atom. The maximum atomic E-state index is 12.4. The molecule has 176 valence electrons. The van der Waals surface area contributed by atoms with Gasteiger partial charge in [-0.05, 0) is 55.5 Å². The Labute approximate surface area is 215 Å². The maximum absolute atomic E-state index is 12.4. The van der Waals surface area contributed by atoms with Gasteiger partial charge >= 0.3 is 0 Å². The molecule has 6 heteroatoms. The summed E-state index contributed by atoms with van der Waals surface area (Å²) in [6.07, 6.45) is 0. The molecule has 0 unspecified atom stereocenters. The molecule has 2 heterocycles. The molecule has 6 aromatic rings. The molecule has 0 atom stereocenters. The van der Waals surface area contributed by atoms with E-state index in [9.17, 15) is 9.59 Å². The molecule has 0 spiro atoms. The van der Waals surface area contributed by atoms with E-state index in [4.69, 9.17) is 16.3 Å². The predicted molar refractivity (Wildman–Crippen MR) is 154 cm³/mol. The highest BCUT2D eigenvalue weighted by molar-refractivity contribution is 7.25. The van der Waals surface area contributed by atoms with E-state index in [1.807, 2.05) is 73.7 Å². The van der Waals surface area contributed by atoms with Gasteiger partial charge in [0, 0.05) is 30.3 Å². The molecule has 3 nitrogen and oxygen atoms in total. The van der Waals surface area contributed by atoms with Crippen LogP contribution in [0.3, 0.4) is 0 Å². The summed E-state index contributed by atoms with van der Waals surface area (Å²) in [6, 6.07) is 24.9. The molecule has 0 radical (unpaired) electrons. The van der Waals surface area contributed by atoms with E-state index in [-0.39, 0.29) is 18.3 Å². The van der Waals surface area contributed by atoms with Gasteiger partial charge in [0.1, 0.15) is 5.75 Å². The number of fused-ring (bicyclic) bond motifs is 4. The molecule has 6 rings (SSSR count). The maximum Gasteiger partial charge on any atom is 0.197 e. The monoisotopic (exact) mass is 518 g/mol. The first-order valence-corrected chi connectivity index (χ1v) is 12.6. The van der Waals surface area contributed by atoms with Gasteiger partial charge < -0.3 is 4.74 Å². The summed E-state index contributed by atoms with van der Waals surface area (Å²) in [5.74, 6) is 0.683. The van der Waals surface area contributed by atoms with Crippen LogP contribution in [0.4, 0.5) is 0 Å². The molecular weight excluding hydrogens is 496 g/mol. The quantitative estimate of drug-likeness (QED) is 0.205. The van der Waals surface area contributed by atoms with Crippen molar-refractivity contribution in [2.75, 3.05) is 7.11 Å². The minimum Gasteiger partial charge on any atom is -0.495 e. The van der Waals surface area contributed by atoms with E-state index >= 15 is 0 Å². The van der Waals surface area contributed by atoms with Gasteiger partial charge in [-0.15, -0.1) is 22.7 Å². The van der Waals surface area contributed by atoms with Crippen LogP contribution in [0.5, 0.6) is 5.75 Å². The Morgan fingerprint density at radius 2 is 1.31 bits per heavy atom. The molecule has 0 fully saturated rings. The van der Waals surface area contributed by atoms with Crippen LogP contribution in [0.1, 0.15) is 13.0 Å². The fourth-order valence-electron chi connectivity index (χ4n) is 3.92. The van der Waals surface area contributed by atoms with Crippen molar-refractivity contribution in [1.29, 1.82) is 0 Å². The zero-order chi connectivity index (χ0) is 23.8. The standard InChI is InChI=1S/C14H9ClO2S.C14H10OS.CH4/c1-17-10-7-6-9(15)12-13(16)8-4-2-3-5-11(8)18-14(10)12;1-9-6-7-13-11(8-9)14(15)10-4-2-3-5-12(10)16-13;/h2-7H,1H3;2-8H,1H3;1H4. The summed E-state index contributed by atoms with van der Waals surface area (Å²) in [5, 5.41) is 3.37. The van der Waals surface area contributed by atoms with Crippen LogP contribution in [0.2, 0.25) is 5.02 Å². The highest BCUT2D eigenvalue weighted by Crippen LogP contribution is 2.35. The van der Waals surface area contributed by atoms with Crippen LogP contribution >= 0.6 is 34.3 Å². The van der Waals surface area contributed by atoms with Crippen LogP contribution < -0.4 is 15.6 Å². The number of aryl methyl sites for hydroxylation is 1. The molecule has 2 aromatic heterocycles. The Bertz CT molecular complexity index is 1820. The fraction of sp³-hybridized carbons (Fsp3) is 0.103. The number of methoxy groups -OCH3 is 1. The average molecular weight is 519 g/mol. The van der Waals surface area contributed by atoms with Gasteiger partial charge in [0.25, 0.3) is 0 Å². The second-order valence-electron chi connectivity index (χ2n) is 7.81. The Kier molecular flexibility index (Phi) is 7.22. The van der Waals surface area contributed by atoms with Crippen LogP contribution in [-0.2, 0) is 0 Å². The minimum atomic E-state index is -0.0387. The van der Waals surface area contributed by atoms with Crippen molar-refractivity contribution >= 4 is 74.6 Å². The van der Waals surface area contributed by atoms with Gasteiger partial charge in [-0.25, -0.2) is 0 Å². The van der Waals surface area contributed by atoms with Crippen molar-refractivity contribution in [1.82, 2.24) is 0 Å². The van der Waals surface area contributed by atoms with Gasteiger partial charge in [0.05, 0.1) is 22.2 Å². The molecule has 0 N–H and O–H groups in total. The van der Waals surface area contributed by atoms with Crippen LogP contribution in [0.25, 0.3) is 40.3 Å². The Hall–Kier alpha value is -3.25. The number of ether oxygens (including phenoxy) is 1. The number of hydrogen-bond acceptors (Lipinski definition) is 5. The first-order chi connectivity index (χ1) is 16.5. The van der Waals surface area contributed by atoms with Crippen LogP contribution in [-0.4, -0.2) is 7.11 Å². The summed E-state index contributed by atoms with van der Waals surface area (Å²) >= 11 is 9.34. The fourth-order valence-corrected chi connectivity index (χ4v) is 6.46. The lowest BCUT2D eigenvalue weighted by Gasteiger charge is -2.07. The van der Waals surface area contributed by atoms with Crippen molar-refractivity contribution in [2.24, 2.45) is 0 Å². The molecule has 0 saturated carbocycles. The molecule has 0 aliphatic carbocycles. The van der Waals surface area contributed by atoms with Crippen molar-refractivity contribution in [2.45, 2.75) is 14.4 Å². The minimum absolute atomic E-state index is 0. The normalized spacial score (nSPS) is 10.7. The van der Waals surface area contributed by atoms with E-state index in [0.29, 0.717) is 21.5 Å². The summed E-state index contributed by atoms with van der Waals surface area (Å²) in [6.45, 7) is 2.01. The van der Waals surface area contributed by atoms with Crippen molar-refractivity contribution in [3.63, 3.8) is 0 Å². The third-order valence-electron chi connectivity index (χ3n) is 5.59. The summed E-state index contributed by atoms with van der Waals surface area (Å²) < 4.78 is 9.16. The Balaban J connectivity index is 0.000000161. The molecule has 35 heavy (non-hydrogen) atoms.